The molecule has 2 heterocycles. The minimum Gasteiger partial charge on any atom is -0.494 e. The molecular weight excluding hydrogens is 623 g/mol. The Morgan fingerprint density at radius 2 is 1.79 bits per heavy atom. The third-order valence-corrected chi connectivity index (χ3v) is 6.95. The van der Waals surface area contributed by atoms with Crippen LogP contribution >= 0.6 is 15.9 Å². The maximum absolute atomic E-state index is 14.1. The molecule has 1 aliphatic rings. The van der Waals surface area contributed by atoms with Crippen LogP contribution in [0.5, 0.6) is 17.2 Å². The summed E-state index contributed by atoms with van der Waals surface area (Å²) in [5, 5.41) is 21.0. The molecule has 0 saturated heterocycles. The minimum atomic E-state index is -4.63. The van der Waals surface area contributed by atoms with E-state index in [4.69, 9.17) is 9.47 Å². The number of hydrogen-bond donors (Lipinski definition) is 2. The van der Waals surface area contributed by atoms with E-state index in [9.17, 15) is 28.1 Å². The number of fused-ring (bicyclic) bond motifs is 1. The lowest BCUT2D eigenvalue weighted by molar-refractivity contribution is -0.384. The normalized spacial score (nSPS) is 16.2. The van der Waals surface area contributed by atoms with Crippen molar-refractivity contribution in [2.75, 3.05) is 17.2 Å². The van der Waals surface area contributed by atoms with Gasteiger partial charge < -0.3 is 20.1 Å². The van der Waals surface area contributed by atoms with E-state index in [0.29, 0.717) is 23.7 Å². The van der Waals surface area contributed by atoms with Crippen molar-refractivity contribution in [1.29, 1.82) is 0 Å². The zero-order valence-corrected chi connectivity index (χ0v) is 23.5. The summed E-state index contributed by atoms with van der Waals surface area (Å²) in [5.74, 6) is 0.198. The van der Waals surface area contributed by atoms with Gasteiger partial charge in [0.1, 0.15) is 23.1 Å². The van der Waals surface area contributed by atoms with Crippen molar-refractivity contribution >= 4 is 39.0 Å². The average Bonchev–Trinajstić information content (AvgIpc) is 3.38. The van der Waals surface area contributed by atoms with Crippen molar-refractivity contribution in [3.05, 3.63) is 98.6 Å². The zero-order valence-electron chi connectivity index (χ0n) is 21.9. The third kappa shape index (κ3) is 6.48. The Kier molecular flexibility index (Phi) is 8.07. The molecule has 0 fully saturated rings. The highest BCUT2D eigenvalue weighted by atomic mass is 79.9. The molecule has 0 bridgehead atoms. The van der Waals surface area contributed by atoms with E-state index >= 15 is 0 Å². The van der Waals surface area contributed by atoms with Gasteiger partial charge in [-0.05, 0) is 48.9 Å². The fourth-order valence-corrected chi connectivity index (χ4v) is 4.78. The van der Waals surface area contributed by atoms with Crippen LogP contribution in [0, 0.1) is 10.1 Å². The summed E-state index contributed by atoms with van der Waals surface area (Å²) in [6.45, 7) is 2.32. The number of halogens is 4. The summed E-state index contributed by atoms with van der Waals surface area (Å²) >= 11 is 3.32. The van der Waals surface area contributed by atoms with Gasteiger partial charge in [0.15, 0.2) is 11.7 Å². The van der Waals surface area contributed by atoms with Crippen molar-refractivity contribution in [1.82, 2.24) is 9.78 Å². The first kappa shape index (κ1) is 28.9. The lowest BCUT2D eigenvalue weighted by atomic mass is 9.97. The van der Waals surface area contributed by atoms with E-state index in [-0.39, 0.29) is 35.1 Å². The molecule has 14 heteroatoms. The highest BCUT2D eigenvalue weighted by Crippen LogP contribution is 2.44. The number of hydrogen-bond acceptors (Lipinski definition) is 7. The van der Waals surface area contributed by atoms with Gasteiger partial charge in [0, 0.05) is 29.1 Å². The van der Waals surface area contributed by atoms with Gasteiger partial charge in [0.2, 0.25) is 0 Å². The number of amides is 1. The number of nitrogens with one attached hydrogen (secondary N) is 2. The molecule has 0 spiro atoms. The molecule has 1 aromatic heterocycles. The minimum absolute atomic E-state index is 0.00539. The van der Waals surface area contributed by atoms with Crippen LogP contribution in [0.1, 0.15) is 41.5 Å². The molecule has 0 unspecified atom stereocenters. The largest absolute Gasteiger partial charge is 0.494 e. The highest BCUT2D eigenvalue weighted by molar-refractivity contribution is 9.10. The van der Waals surface area contributed by atoms with Gasteiger partial charge in [-0.15, -0.1) is 0 Å². The first-order chi connectivity index (χ1) is 20.0. The molecule has 5 rings (SSSR count). The van der Waals surface area contributed by atoms with Gasteiger partial charge in [-0.3, -0.25) is 14.9 Å². The molecule has 0 saturated carbocycles. The number of nitrogens with zero attached hydrogens (tertiary/aromatic N) is 3. The molecule has 2 atom stereocenters. The Labute approximate surface area is 245 Å². The molecule has 42 heavy (non-hydrogen) atoms. The van der Waals surface area contributed by atoms with E-state index in [1.807, 2.05) is 6.92 Å². The molecular formula is C28H23BrF3N5O5. The number of alkyl halides is 3. The molecule has 0 aliphatic carbocycles. The molecule has 0 radical (unpaired) electrons. The Hall–Kier alpha value is -4.59. The first-order valence-electron chi connectivity index (χ1n) is 12.7. The van der Waals surface area contributed by atoms with Crippen LogP contribution in [0.2, 0.25) is 0 Å². The SMILES string of the molecule is CCOc1ccc(Oc2cc(NC(=O)c3cc4n(n3)[C@@H](C(F)(F)F)C[C@@H](c3ccc(Br)cc3)N4)cc([N+](=O)[O-])c2)cc1. The Morgan fingerprint density at radius 3 is 2.43 bits per heavy atom. The van der Waals surface area contributed by atoms with Gasteiger partial charge in [0.25, 0.3) is 11.6 Å². The predicted octanol–water partition coefficient (Wildman–Crippen LogP) is 7.66. The van der Waals surface area contributed by atoms with Crippen molar-refractivity contribution in [3.8, 4) is 17.2 Å². The number of carbonyl (C=O) groups is 1. The zero-order chi connectivity index (χ0) is 30.0. The fraction of sp³-hybridized carbons (Fsp3) is 0.214. The number of carbonyl (C=O) groups excluding carboxylic acids is 1. The topological polar surface area (TPSA) is 121 Å². The number of ether oxygens (including phenoxy) is 2. The van der Waals surface area contributed by atoms with Crippen LogP contribution in [0.15, 0.2) is 77.3 Å². The van der Waals surface area contributed by atoms with E-state index in [1.54, 1.807) is 48.5 Å². The van der Waals surface area contributed by atoms with Gasteiger partial charge in [-0.25, -0.2) is 4.68 Å². The third-order valence-electron chi connectivity index (χ3n) is 6.43. The maximum Gasteiger partial charge on any atom is 0.410 e. The summed E-state index contributed by atoms with van der Waals surface area (Å²) in [7, 11) is 0. The van der Waals surface area contributed by atoms with Crippen LogP contribution in [0.25, 0.3) is 0 Å². The van der Waals surface area contributed by atoms with Crippen molar-refractivity contribution in [2.24, 2.45) is 0 Å². The number of nitro benzene ring substituents is 1. The maximum atomic E-state index is 14.1. The summed E-state index contributed by atoms with van der Waals surface area (Å²) in [5.41, 5.74) is -0.0329. The second kappa shape index (κ2) is 11.7. The number of non-ortho nitro benzene ring substituents is 1. The Morgan fingerprint density at radius 1 is 1.10 bits per heavy atom. The number of rotatable bonds is 8. The number of nitro groups is 1. The molecule has 2 N–H and O–H groups in total. The monoisotopic (exact) mass is 645 g/mol. The van der Waals surface area contributed by atoms with E-state index in [2.05, 4.69) is 31.7 Å². The van der Waals surface area contributed by atoms with Gasteiger partial charge in [-0.1, -0.05) is 28.1 Å². The van der Waals surface area contributed by atoms with Gasteiger partial charge >= 0.3 is 6.18 Å². The van der Waals surface area contributed by atoms with E-state index in [0.717, 1.165) is 15.2 Å². The van der Waals surface area contributed by atoms with Crippen molar-refractivity contribution in [2.45, 2.75) is 31.6 Å². The summed E-state index contributed by atoms with van der Waals surface area (Å²) in [4.78, 5) is 24.0. The second-order valence-corrected chi connectivity index (χ2v) is 10.2. The summed E-state index contributed by atoms with van der Waals surface area (Å²) in [6.07, 6.45) is -4.96. The number of benzene rings is 3. The Balaban J connectivity index is 1.39. The standard InChI is InChI=1S/C28H23BrF3N5O5/c1-2-41-20-7-9-21(10-8-20)42-22-12-18(11-19(13-22)37(39)40)33-27(38)24-15-26-34-23(16-3-5-17(29)6-4-16)14-25(28(30,31)32)36(26)35-24/h3-13,15,23,25,34H,2,14H2,1H3,(H,33,38)/t23-,25+/m0/s1. The lowest BCUT2D eigenvalue weighted by Gasteiger charge is -2.33. The predicted molar refractivity (Wildman–Crippen MR) is 151 cm³/mol. The molecule has 218 valence electrons. The molecule has 4 aromatic rings. The molecule has 1 amide bonds. The number of anilines is 2. The quantitative estimate of drug-likeness (QED) is 0.149. The number of aromatic nitrogens is 2. The van der Waals surface area contributed by atoms with Gasteiger partial charge in [0.05, 0.1) is 29.3 Å². The van der Waals surface area contributed by atoms with Crippen molar-refractivity contribution in [3.63, 3.8) is 0 Å². The first-order valence-corrected chi connectivity index (χ1v) is 13.5. The smallest absolute Gasteiger partial charge is 0.410 e. The lowest BCUT2D eigenvalue weighted by Crippen LogP contribution is -2.35. The highest BCUT2D eigenvalue weighted by Gasteiger charge is 2.46. The van der Waals surface area contributed by atoms with Crippen LogP contribution in [-0.4, -0.2) is 33.4 Å². The molecule has 10 nitrogen and oxygen atoms in total. The van der Waals surface area contributed by atoms with Crippen LogP contribution in [0.4, 0.5) is 30.4 Å². The van der Waals surface area contributed by atoms with Crippen LogP contribution in [-0.2, 0) is 0 Å². The molecule has 3 aromatic carbocycles. The Bertz CT molecular complexity index is 1610. The van der Waals surface area contributed by atoms with E-state index in [1.165, 1.54) is 18.2 Å². The summed E-state index contributed by atoms with van der Waals surface area (Å²) in [6, 6.07) is 15.7. The van der Waals surface area contributed by atoms with E-state index < -0.39 is 29.1 Å². The van der Waals surface area contributed by atoms with Crippen LogP contribution in [0.3, 0.4) is 0 Å². The van der Waals surface area contributed by atoms with Gasteiger partial charge in [-0.2, -0.15) is 18.3 Å². The van der Waals surface area contributed by atoms with Crippen molar-refractivity contribution < 1.29 is 32.4 Å². The summed E-state index contributed by atoms with van der Waals surface area (Å²) < 4.78 is 54.8. The second-order valence-electron chi connectivity index (χ2n) is 9.33. The fourth-order valence-electron chi connectivity index (χ4n) is 4.52. The van der Waals surface area contributed by atoms with Crippen LogP contribution < -0.4 is 20.1 Å². The average molecular weight is 646 g/mol. The molecule has 1 aliphatic heterocycles.